The Bertz CT molecular complexity index is 516. The summed E-state index contributed by atoms with van der Waals surface area (Å²) in [7, 11) is 0. The molecule has 1 heterocycles. The molecule has 3 nitrogen and oxygen atoms in total. The third kappa shape index (κ3) is 5.93. The third-order valence-corrected chi connectivity index (χ3v) is 10.5. The van der Waals surface area contributed by atoms with Crippen molar-refractivity contribution in [3.05, 3.63) is 35.9 Å². The van der Waals surface area contributed by atoms with Gasteiger partial charge in [-0.15, -0.1) is 0 Å². The molecular weight excluding hydrogens is 361 g/mol. The first-order valence-corrected chi connectivity index (χ1v) is 12.1. The van der Waals surface area contributed by atoms with Gasteiger partial charge in [0.2, 0.25) is 0 Å². The molecule has 1 fully saturated rings. The summed E-state index contributed by atoms with van der Waals surface area (Å²) in [6.07, 6.45) is 2.29. The topological polar surface area (TPSA) is 29.5 Å². The van der Waals surface area contributed by atoms with Crippen LogP contribution in [0.1, 0.15) is 53.0 Å². The molecule has 1 aromatic rings. The molecule has 1 saturated heterocycles. The van der Waals surface area contributed by atoms with Gasteiger partial charge in [-0.05, 0) is 0 Å². The molecule has 1 aromatic carbocycles. The van der Waals surface area contributed by atoms with Crippen LogP contribution in [0, 0.1) is 0 Å². The minimum absolute atomic E-state index is 0.131. The molecule has 0 bridgehead atoms. The normalized spacial score (nSPS) is 18.6. The molecule has 4 heteroatoms. The molecule has 0 radical (unpaired) electrons. The number of likely N-dealkylation sites (tertiary alicyclic amines) is 1. The predicted octanol–water partition coefficient (Wildman–Crippen LogP) is 5.07. The molecule has 1 unspecified atom stereocenters. The van der Waals surface area contributed by atoms with Crippen LogP contribution in [0.4, 0.5) is 4.79 Å². The van der Waals surface area contributed by atoms with Gasteiger partial charge in [-0.1, -0.05) is 0 Å². The number of hydrogen-bond acceptors (Lipinski definition) is 3. The number of ether oxygens (including phenoxy) is 1. The minimum atomic E-state index is -1.66. The van der Waals surface area contributed by atoms with Crippen LogP contribution < -0.4 is 0 Å². The molecule has 134 valence electrons. The van der Waals surface area contributed by atoms with Crippen molar-refractivity contribution in [3.63, 3.8) is 0 Å². The van der Waals surface area contributed by atoms with Crippen molar-refractivity contribution in [3.8, 4) is 0 Å². The first kappa shape index (κ1) is 19.5. The zero-order chi connectivity index (χ0) is 17.7. The maximum atomic E-state index is 12.7. The van der Waals surface area contributed by atoms with E-state index in [1.54, 1.807) is 0 Å². The molecule has 2 rings (SSSR count). The molecule has 0 aliphatic carbocycles. The van der Waals surface area contributed by atoms with E-state index in [9.17, 15) is 4.79 Å². The molecule has 1 atom stereocenters. The number of hydrogen-bond donors (Lipinski definition) is 0. The molecule has 1 aliphatic rings. The standard InChI is InChI=1S/C20H32AsNO2/c1-16(2)21(19(23)24-20(3,4)5)18-11-13-22(14-12-18)15-17-9-7-6-8-10-17/h6-10,16,18H,11-15H2,1-5H3. The first-order chi connectivity index (χ1) is 11.3. The summed E-state index contributed by atoms with van der Waals surface area (Å²) in [6.45, 7) is 13.6. The number of piperidine rings is 1. The average Bonchev–Trinajstić information content (AvgIpc) is 2.48. The summed E-state index contributed by atoms with van der Waals surface area (Å²) < 4.78 is 6.93. The van der Waals surface area contributed by atoms with Crippen molar-refractivity contribution in [2.75, 3.05) is 13.1 Å². The fourth-order valence-electron chi connectivity index (χ4n) is 3.29. The van der Waals surface area contributed by atoms with Gasteiger partial charge in [0.25, 0.3) is 0 Å². The molecule has 0 amide bonds. The van der Waals surface area contributed by atoms with Crippen molar-refractivity contribution in [1.82, 2.24) is 4.90 Å². The van der Waals surface area contributed by atoms with E-state index in [-0.39, 0.29) is 10.4 Å². The van der Waals surface area contributed by atoms with Crippen LogP contribution in [-0.2, 0) is 11.3 Å². The first-order valence-electron chi connectivity index (χ1n) is 9.04. The SMILES string of the molecule is CC(C)[As](C(=O)OC(C)(C)C)C1CCN(Cc2ccccc2)CC1. The van der Waals surface area contributed by atoms with Gasteiger partial charge < -0.3 is 0 Å². The van der Waals surface area contributed by atoms with E-state index in [0.717, 1.165) is 32.5 Å². The molecule has 0 saturated carbocycles. The number of rotatable bonds is 5. The summed E-state index contributed by atoms with van der Waals surface area (Å²) in [5.41, 5.74) is 1.01. The van der Waals surface area contributed by atoms with Crippen molar-refractivity contribution in [1.29, 1.82) is 0 Å². The Morgan fingerprint density at radius 3 is 2.29 bits per heavy atom. The van der Waals surface area contributed by atoms with Crippen LogP contribution in [0.5, 0.6) is 0 Å². The van der Waals surface area contributed by atoms with Gasteiger partial charge in [0.1, 0.15) is 0 Å². The van der Waals surface area contributed by atoms with Gasteiger partial charge in [0, 0.05) is 0 Å². The summed E-state index contributed by atoms with van der Waals surface area (Å²) in [5.74, 6) is 0. The Hall–Kier alpha value is -0.792. The monoisotopic (exact) mass is 393 g/mol. The van der Waals surface area contributed by atoms with Gasteiger partial charge in [-0.25, -0.2) is 0 Å². The van der Waals surface area contributed by atoms with Gasteiger partial charge in [-0.2, -0.15) is 0 Å². The second kappa shape index (κ2) is 8.54. The van der Waals surface area contributed by atoms with Crippen LogP contribution in [0.25, 0.3) is 0 Å². The van der Waals surface area contributed by atoms with Crippen molar-refractivity contribution in [2.45, 2.75) is 69.0 Å². The van der Waals surface area contributed by atoms with E-state index in [1.807, 2.05) is 20.8 Å². The molecule has 0 N–H and O–H groups in total. The maximum absolute atomic E-state index is 12.7. The summed E-state index contributed by atoms with van der Waals surface area (Å²) in [5, 5.41) is 0. The van der Waals surface area contributed by atoms with E-state index in [4.69, 9.17) is 4.74 Å². The van der Waals surface area contributed by atoms with E-state index >= 15 is 0 Å². The van der Waals surface area contributed by atoms with Crippen LogP contribution >= 0.6 is 0 Å². The van der Waals surface area contributed by atoms with Crippen molar-refractivity contribution < 1.29 is 9.53 Å². The van der Waals surface area contributed by atoms with Crippen LogP contribution in [0.15, 0.2) is 30.3 Å². The fraction of sp³-hybridized carbons (Fsp3) is 0.650. The summed E-state index contributed by atoms with van der Waals surface area (Å²) >= 11 is -1.66. The number of carbonyl (C=O) groups excluding carboxylic acids is 1. The second-order valence-corrected chi connectivity index (χ2v) is 14.1. The summed E-state index contributed by atoms with van der Waals surface area (Å²) in [4.78, 5) is 15.2. The number of carbonyl (C=O) groups is 1. The zero-order valence-electron chi connectivity index (χ0n) is 15.8. The molecule has 1 aliphatic heterocycles. The fourth-order valence-corrected chi connectivity index (χ4v) is 9.02. The Morgan fingerprint density at radius 2 is 1.79 bits per heavy atom. The Balaban J connectivity index is 1.91. The second-order valence-electron chi connectivity index (χ2n) is 7.97. The van der Waals surface area contributed by atoms with E-state index < -0.39 is 14.7 Å². The molecule has 0 aromatic heterocycles. The van der Waals surface area contributed by atoms with E-state index in [0.29, 0.717) is 9.41 Å². The Morgan fingerprint density at radius 1 is 1.21 bits per heavy atom. The van der Waals surface area contributed by atoms with Gasteiger partial charge in [0.15, 0.2) is 0 Å². The van der Waals surface area contributed by atoms with Crippen LogP contribution in [0.2, 0.25) is 9.41 Å². The van der Waals surface area contributed by atoms with Crippen LogP contribution in [0.3, 0.4) is 0 Å². The van der Waals surface area contributed by atoms with Crippen molar-refractivity contribution >= 4 is 19.4 Å². The summed E-state index contributed by atoms with van der Waals surface area (Å²) in [6, 6.07) is 10.7. The number of benzene rings is 1. The molecule has 0 spiro atoms. The van der Waals surface area contributed by atoms with Gasteiger partial charge in [-0.3, -0.25) is 0 Å². The molecule has 24 heavy (non-hydrogen) atoms. The van der Waals surface area contributed by atoms with Gasteiger partial charge >= 0.3 is 152 Å². The van der Waals surface area contributed by atoms with Crippen molar-refractivity contribution in [2.24, 2.45) is 0 Å². The van der Waals surface area contributed by atoms with Crippen LogP contribution in [-0.4, -0.2) is 43.0 Å². The Kier molecular flexibility index (Phi) is 6.95. The third-order valence-electron chi connectivity index (χ3n) is 4.36. The van der Waals surface area contributed by atoms with E-state index in [2.05, 4.69) is 49.1 Å². The Labute approximate surface area is 152 Å². The quantitative estimate of drug-likeness (QED) is 0.654. The molecular formula is C20H32AsNO2. The average molecular weight is 393 g/mol. The van der Waals surface area contributed by atoms with E-state index in [1.165, 1.54) is 5.56 Å². The van der Waals surface area contributed by atoms with Gasteiger partial charge in [0.05, 0.1) is 0 Å². The zero-order valence-corrected chi connectivity index (χ0v) is 17.7. The number of nitrogens with zero attached hydrogens (tertiary/aromatic N) is 1. The predicted molar refractivity (Wildman–Crippen MR) is 102 cm³/mol.